The molecule has 1 aliphatic rings. The number of benzene rings is 1. The van der Waals surface area contributed by atoms with Gasteiger partial charge in [-0.05, 0) is 18.6 Å². The molecule has 9 heteroatoms. The monoisotopic (exact) mass is 363 g/mol. The molecule has 0 radical (unpaired) electrons. The van der Waals surface area contributed by atoms with E-state index in [0.717, 1.165) is 11.1 Å². The molecular formula is C16H18ClN5O3. The van der Waals surface area contributed by atoms with Gasteiger partial charge in [0.05, 0.1) is 49.3 Å². The molecule has 0 unspecified atom stereocenters. The number of anilines is 1. The van der Waals surface area contributed by atoms with Crippen LogP contribution >= 0.6 is 11.6 Å². The highest BCUT2D eigenvalue weighted by Gasteiger charge is 2.30. The van der Waals surface area contributed by atoms with Gasteiger partial charge in [0.25, 0.3) is 0 Å². The number of hydrogen-bond donors (Lipinski definition) is 2. The van der Waals surface area contributed by atoms with E-state index in [1.54, 1.807) is 13.2 Å². The van der Waals surface area contributed by atoms with Crippen molar-refractivity contribution in [3.8, 4) is 22.8 Å². The van der Waals surface area contributed by atoms with Crippen molar-refractivity contribution in [2.45, 2.75) is 20.0 Å². The van der Waals surface area contributed by atoms with Crippen LogP contribution in [-0.2, 0) is 13.1 Å². The standard InChI is InChI=1S/C16H18ClN5O3/c1-7-4-9(17)11(14(25-3)13(7)24-2)12-8-5-22(16(19)23)6-10(8)20-15(18)21-12/h4H,5-6H2,1-3H3,(H2,19,23)(H2,18,20,21). The lowest BCUT2D eigenvalue weighted by Gasteiger charge is -2.18. The second-order valence-corrected chi connectivity index (χ2v) is 6.07. The van der Waals surface area contributed by atoms with Gasteiger partial charge >= 0.3 is 6.03 Å². The Kier molecular flexibility index (Phi) is 4.30. The smallest absolute Gasteiger partial charge is 0.315 e. The van der Waals surface area contributed by atoms with Crippen molar-refractivity contribution < 1.29 is 14.3 Å². The number of methoxy groups -OCH3 is 2. The second kappa shape index (κ2) is 6.29. The topological polar surface area (TPSA) is 117 Å². The summed E-state index contributed by atoms with van der Waals surface area (Å²) in [7, 11) is 3.08. The SMILES string of the molecule is COc1c(C)cc(Cl)c(-c2nc(N)nc3c2CN(C(N)=O)C3)c1OC. The van der Waals surface area contributed by atoms with Crippen LogP contribution in [0.2, 0.25) is 5.02 Å². The Balaban J connectivity index is 2.28. The van der Waals surface area contributed by atoms with Crippen molar-refractivity contribution >= 4 is 23.6 Å². The van der Waals surface area contributed by atoms with Gasteiger partial charge in [0, 0.05) is 5.56 Å². The van der Waals surface area contributed by atoms with Gasteiger partial charge in [0.2, 0.25) is 5.95 Å². The van der Waals surface area contributed by atoms with E-state index in [2.05, 4.69) is 9.97 Å². The van der Waals surface area contributed by atoms with Crippen molar-refractivity contribution in [3.05, 3.63) is 27.9 Å². The van der Waals surface area contributed by atoms with Crippen LogP contribution in [0.4, 0.5) is 10.7 Å². The number of nitrogens with zero attached hydrogens (tertiary/aromatic N) is 3. The van der Waals surface area contributed by atoms with Crippen LogP contribution in [0.25, 0.3) is 11.3 Å². The van der Waals surface area contributed by atoms with Gasteiger partial charge in [-0.3, -0.25) is 0 Å². The number of aromatic nitrogens is 2. The zero-order chi connectivity index (χ0) is 18.3. The zero-order valence-corrected chi connectivity index (χ0v) is 14.8. The maximum Gasteiger partial charge on any atom is 0.315 e. The molecular weight excluding hydrogens is 346 g/mol. The Labute approximate surface area is 149 Å². The molecule has 0 saturated heterocycles. The summed E-state index contributed by atoms with van der Waals surface area (Å²) in [6.45, 7) is 2.41. The van der Waals surface area contributed by atoms with Gasteiger partial charge in [-0.2, -0.15) is 0 Å². The molecule has 2 amide bonds. The Morgan fingerprint density at radius 3 is 2.52 bits per heavy atom. The molecule has 1 aromatic carbocycles. The normalized spacial score (nSPS) is 12.9. The molecule has 0 atom stereocenters. The number of carbonyl (C=O) groups is 1. The Morgan fingerprint density at radius 2 is 1.92 bits per heavy atom. The quantitative estimate of drug-likeness (QED) is 0.862. The molecule has 4 N–H and O–H groups in total. The molecule has 25 heavy (non-hydrogen) atoms. The van der Waals surface area contributed by atoms with Crippen molar-refractivity contribution in [2.75, 3.05) is 20.0 Å². The molecule has 132 valence electrons. The third-order valence-corrected chi connectivity index (χ3v) is 4.43. The minimum absolute atomic E-state index is 0.0812. The van der Waals surface area contributed by atoms with Crippen LogP contribution in [0.5, 0.6) is 11.5 Å². The molecule has 2 aromatic rings. The Bertz CT molecular complexity index is 872. The molecule has 0 saturated carbocycles. The summed E-state index contributed by atoms with van der Waals surface area (Å²) < 4.78 is 11.0. The van der Waals surface area contributed by atoms with Crippen LogP contribution in [0.3, 0.4) is 0 Å². The highest BCUT2D eigenvalue weighted by molar-refractivity contribution is 6.34. The van der Waals surface area contributed by atoms with E-state index in [1.807, 2.05) is 6.92 Å². The molecule has 0 spiro atoms. The summed E-state index contributed by atoms with van der Waals surface area (Å²) in [5.74, 6) is 1.08. The molecule has 0 fully saturated rings. The van der Waals surface area contributed by atoms with E-state index >= 15 is 0 Å². The minimum Gasteiger partial charge on any atom is -0.493 e. The van der Waals surface area contributed by atoms with Gasteiger partial charge in [0.15, 0.2) is 11.5 Å². The molecule has 3 rings (SSSR count). The number of halogens is 1. The zero-order valence-electron chi connectivity index (χ0n) is 14.1. The summed E-state index contributed by atoms with van der Waals surface area (Å²) in [5.41, 5.74) is 14.5. The number of urea groups is 1. The van der Waals surface area contributed by atoms with Crippen LogP contribution in [0.1, 0.15) is 16.8 Å². The van der Waals surface area contributed by atoms with E-state index in [1.165, 1.54) is 12.0 Å². The first-order valence-corrected chi connectivity index (χ1v) is 7.86. The van der Waals surface area contributed by atoms with Gasteiger partial charge < -0.3 is 25.8 Å². The number of nitrogen functional groups attached to an aromatic ring is 1. The number of fused-ring (bicyclic) bond motifs is 1. The summed E-state index contributed by atoms with van der Waals surface area (Å²) in [6.07, 6.45) is 0. The predicted octanol–water partition coefficient (Wildman–Crippen LogP) is 2.10. The number of nitrogens with two attached hydrogens (primary N) is 2. The molecule has 2 heterocycles. The number of carbonyl (C=O) groups excluding carboxylic acids is 1. The second-order valence-electron chi connectivity index (χ2n) is 5.67. The van der Waals surface area contributed by atoms with Crippen molar-refractivity contribution in [1.29, 1.82) is 0 Å². The number of hydrogen-bond acceptors (Lipinski definition) is 6. The van der Waals surface area contributed by atoms with Crippen LogP contribution in [0.15, 0.2) is 6.07 Å². The van der Waals surface area contributed by atoms with Crippen LogP contribution in [-0.4, -0.2) is 35.1 Å². The molecule has 0 bridgehead atoms. The number of rotatable bonds is 3. The van der Waals surface area contributed by atoms with E-state index < -0.39 is 6.03 Å². The maximum absolute atomic E-state index is 11.5. The third kappa shape index (κ3) is 2.78. The highest BCUT2D eigenvalue weighted by atomic mass is 35.5. The van der Waals surface area contributed by atoms with Crippen molar-refractivity contribution in [2.24, 2.45) is 5.73 Å². The Morgan fingerprint density at radius 1 is 1.24 bits per heavy atom. The van der Waals surface area contributed by atoms with Gasteiger partial charge in [0.1, 0.15) is 0 Å². The fourth-order valence-electron chi connectivity index (χ4n) is 3.03. The molecule has 8 nitrogen and oxygen atoms in total. The van der Waals surface area contributed by atoms with Gasteiger partial charge in [-0.15, -0.1) is 0 Å². The average molecular weight is 364 g/mol. The number of aryl methyl sites for hydroxylation is 1. The number of primary amides is 1. The lowest BCUT2D eigenvalue weighted by molar-refractivity contribution is 0.208. The third-order valence-electron chi connectivity index (χ3n) is 4.13. The molecule has 1 aliphatic heterocycles. The first-order valence-electron chi connectivity index (χ1n) is 7.48. The summed E-state index contributed by atoms with van der Waals surface area (Å²) in [6, 6.07) is 1.23. The number of ether oxygens (including phenoxy) is 2. The number of amides is 2. The first-order chi connectivity index (χ1) is 11.9. The summed E-state index contributed by atoms with van der Waals surface area (Å²) in [4.78, 5) is 21.6. The van der Waals surface area contributed by atoms with E-state index in [4.69, 9.17) is 32.5 Å². The molecule has 1 aromatic heterocycles. The largest absolute Gasteiger partial charge is 0.493 e. The van der Waals surface area contributed by atoms with Crippen LogP contribution in [0, 0.1) is 6.92 Å². The molecule has 0 aliphatic carbocycles. The Hall–Kier alpha value is -2.74. The fraction of sp³-hybridized carbons (Fsp3) is 0.312. The lowest BCUT2D eigenvalue weighted by atomic mass is 10.0. The van der Waals surface area contributed by atoms with E-state index in [-0.39, 0.29) is 19.0 Å². The van der Waals surface area contributed by atoms with Gasteiger partial charge in [-0.25, -0.2) is 14.8 Å². The van der Waals surface area contributed by atoms with E-state index in [9.17, 15) is 4.79 Å². The maximum atomic E-state index is 11.5. The average Bonchev–Trinajstić information content (AvgIpc) is 2.97. The van der Waals surface area contributed by atoms with E-state index in [0.29, 0.717) is 33.5 Å². The first kappa shape index (κ1) is 17.1. The van der Waals surface area contributed by atoms with Gasteiger partial charge in [-0.1, -0.05) is 11.6 Å². The summed E-state index contributed by atoms with van der Waals surface area (Å²) in [5, 5.41) is 0.438. The minimum atomic E-state index is -0.540. The van der Waals surface area contributed by atoms with Crippen molar-refractivity contribution in [3.63, 3.8) is 0 Å². The van der Waals surface area contributed by atoms with Crippen LogP contribution < -0.4 is 20.9 Å². The lowest BCUT2D eigenvalue weighted by Crippen LogP contribution is -2.30. The predicted molar refractivity (Wildman–Crippen MR) is 93.6 cm³/mol. The summed E-state index contributed by atoms with van der Waals surface area (Å²) >= 11 is 6.49. The van der Waals surface area contributed by atoms with Crippen molar-refractivity contribution in [1.82, 2.24) is 14.9 Å². The fourth-order valence-corrected chi connectivity index (χ4v) is 3.37. The highest BCUT2D eigenvalue weighted by Crippen LogP contribution is 2.46.